The summed E-state index contributed by atoms with van der Waals surface area (Å²) in [6, 6.07) is 8.81. The molecule has 1 fully saturated rings. The van der Waals surface area contributed by atoms with Gasteiger partial charge in [-0.3, -0.25) is 4.79 Å². The van der Waals surface area contributed by atoms with E-state index in [-0.39, 0.29) is 5.78 Å². The molecule has 0 N–H and O–H groups in total. The van der Waals surface area contributed by atoms with Crippen molar-refractivity contribution in [2.75, 3.05) is 0 Å². The molecule has 1 aliphatic rings. The molecular formula is C18H24O. The standard InChI is InChI=1S/C18H24O/c1-13-6-4-5-7-18(13)17-10-8-16(9-11-17)14(2)12-15(3)19/h8-13,18H,4-7H2,1-3H3. The molecule has 0 heterocycles. The van der Waals surface area contributed by atoms with Crippen molar-refractivity contribution in [3.8, 4) is 0 Å². The van der Waals surface area contributed by atoms with Crippen molar-refractivity contribution in [2.24, 2.45) is 5.92 Å². The number of rotatable bonds is 3. The van der Waals surface area contributed by atoms with Crippen molar-refractivity contribution in [1.82, 2.24) is 0 Å². The van der Waals surface area contributed by atoms with Gasteiger partial charge in [0.15, 0.2) is 5.78 Å². The molecule has 2 atom stereocenters. The monoisotopic (exact) mass is 256 g/mol. The minimum atomic E-state index is 0.113. The Bertz CT molecular complexity index is 467. The predicted octanol–water partition coefficient (Wildman–Crippen LogP) is 4.97. The average Bonchev–Trinajstić information content (AvgIpc) is 2.39. The van der Waals surface area contributed by atoms with E-state index in [1.165, 1.54) is 31.2 Å². The second-order valence-corrected chi connectivity index (χ2v) is 5.93. The first kappa shape index (κ1) is 14.0. The lowest BCUT2D eigenvalue weighted by Gasteiger charge is -2.29. The fourth-order valence-electron chi connectivity index (χ4n) is 3.19. The van der Waals surface area contributed by atoms with E-state index in [0.29, 0.717) is 0 Å². The molecule has 0 saturated heterocycles. The van der Waals surface area contributed by atoms with Gasteiger partial charge in [0.05, 0.1) is 0 Å². The average molecular weight is 256 g/mol. The molecule has 102 valence electrons. The molecule has 0 aliphatic heterocycles. The van der Waals surface area contributed by atoms with Crippen molar-refractivity contribution in [3.05, 3.63) is 41.5 Å². The summed E-state index contributed by atoms with van der Waals surface area (Å²) in [5, 5.41) is 0. The fourth-order valence-corrected chi connectivity index (χ4v) is 3.19. The van der Waals surface area contributed by atoms with Crippen LogP contribution in [0.2, 0.25) is 0 Å². The summed E-state index contributed by atoms with van der Waals surface area (Å²) in [5.74, 6) is 1.64. The van der Waals surface area contributed by atoms with Gasteiger partial charge in [0.2, 0.25) is 0 Å². The van der Waals surface area contributed by atoms with Crippen molar-refractivity contribution in [3.63, 3.8) is 0 Å². The van der Waals surface area contributed by atoms with E-state index in [2.05, 4.69) is 31.2 Å². The number of allylic oxidation sites excluding steroid dienone is 2. The van der Waals surface area contributed by atoms with Gasteiger partial charge in [0.1, 0.15) is 0 Å². The van der Waals surface area contributed by atoms with Crippen LogP contribution in [0.25, 0.3) is 5.57 Å². The van der Waals surface area contributed by atoms with E-state index >= 15 is 0 Å². The van der Waals surface area contributed by atoms with Gasteiger partial charge >= 0.3 is 0 Å². The topological polar surface area (TPSA) is 17.1 Å². The number of hydrogen-bond donors (Lipinski definition) is 0. The van der Waals surface area contributed by atoms with Gasteiger partial charge in [-0.2, -0.15) is 0 Å². The summed E-state index contributed by atoms with van der Waals surface area (Å²) < 4.78 is 0. The van der Waals surface area contributed by atoms with Crippen molar-refractivity contribution in [1.29, 1.82) is 0 Å². The van der Waals surface area contributed by atoms with Crippen LogP contribution in [0, 0.1) is 5.92 Å². The molecule has 0 bridgehead atoms. The predicted molar refractivity (Wildman–Crippen MR) is 81.1 cm³/mol. The Morgan fingerprint density at radius 3 is 2.32 bits per heavy atom. The molecule has 0 amide bonds. The molecule has 1 aromatic rings. The number of carbonyl (C=O) groups excluding carboxylic acids is 1. The highest BCUT2D eigenvalue weighted by Crippen LogP contribution is 2.37. The van der Waals surface area contributed by atoms with E-state index in [0.717, 1.165) is 23.0 Å². The third-order valence-corrected chi connectivity index (χ3v) is 4.33. The minimum absolute atomic E-state index is 0.113. The van der Waals surface area contributed by atoms with E-state index in [4.69, 9.17) is 0 Å². The Balaban J connectivity index is 2.16. The molecule has 1 heteroatoms. The first-order valence-corrected chi connectivity index (χ1v) is 7.37. The molecule has 19 heavy (non-hydrogen) atoms. The van der Waals surface area contributed by atoms with E-state index in [9.17, 15) is 4.79 Å². The van der Waals surface area contributed by atoms with Crippen LogP contribution < -0.4 is 0 Å². The lowest BCUT2D eigenvalue weighted by atomic mass is 9.76. The summed E-state index contributed by atoms with van der Waals surface area (Å²) >= 11 is 0. The van der Waals surface area contributed by atoms with Crippen LogP contribution in [0.5, 0.6) is 0 Å². The van der Waals surface area contributed by atoms with Crippen LogP contribution in [-0.2, 0) is 4.79 Å². The lowest BCUT2D eigenvalue weighted by Crippen LogP contribution is -2.14. The first-order chi connectivity index (χ1) is 9.08. The molecule has 1 aliphatic carbocycles. The third kappa shape index (κ3) is 3.56. The number of carbonyl (C=O) groups is 1. The largest absolute Gasteiger partial charge is 0.295 e. The highest BCUT2D eigenvalue weighted by molar-refractivity contribution is 5.94. The summed E-state index contributed by atoms with van der Waals surface area (Å²) in [6.45, 7) is 5.97. The van der Waals surface area contributed by atoms with Crippen LogP contribution in [0.4, 0.5) is 0 Å². The van der Waals surface area contributed by atoms with Crippen LogP contribution in [0.1, 0.15) is 63.5 Å². The fraction of sp³-hybridized carbons (Fsp3) is 0.500. The molecule has 1 nitrogen and oxygen atoms in total. The Hall–Kier alpha value is -1.37. The van der Waals surface area contributed by atoms with Gasteiger partial charge in [-0.05, 0) is 54.9 Å². The smallest absolute Gasteiger partial charge is 0.152 e. The highest BCUT2D eigenvalue weighted by Gasteiger charge is 2.22. The maximum atomic E-state index is 11.1. The molecular weight excluding hydrogens is 232 g/mol. The Kier molecular flexibility index (Phi) is 4.57. The maximum absolute atomic E-state index is 11.1. The maximum Gasteiger partial charge on any atom is 0.152 e. The van der Waals surface area contributed by atoms with Crippen LogP contribution in [0.15, 0.2) is 30.3 Å². The van der Waals surface area contributed by atoms with E-state index in [1.54, 1.807) is 13.0 Å². The summed E-state index contributed by atoms with van der Waals surface area (Å²) in [6.07, 6.45) is 7.13. The Morgan fingerprint density at radius 2 is 1.74 bits per heavy atom. The number of hydrogen-bond acceptors (Lipinski definition) is 1. The van der Waals surface area contributed by atoms with Crippen molar-refractivity contribution in [2.45, 2.75) is 52.4 Å². The van der Waals surface area contributed by atoms with Gasteiger partial charge in [0.25, 0.3) is 0 Å². The molecule has 0 radical (unpaired) electrons. The zero-order valence-electron chi connectivity index (χ0n) is 12.3. The Labute approximate surface area is 116 Å². The first-order valence-electron chi connectivity index (χ1n) is 7.37. The van der Waals surface area contributed by atoms with Crippen LogP contribution >= 0.6 is 0 Å². The Morgan fingerprint density at radius 1 is 1.11 bits per heavy atom. The minimum Gasteiger partial charge on any atom is -0.295 e. The van der Waals surface area contributed by atoms with E-state index in [1.807, 2.05) is 6.92 Å². The normalized spacial score (nSPS) is 24.3. The zero-order chi connectivity index (χ0) is 13.8. The molecule has 2 rings (SSSR count). The van der Waals surface area contributed by atoms with Gasteiger partial charge in [-0.25, -0.2) is 0 Å². The number of ketones is 1. The highest BCUT2D eigenvalue weighted by atomic mass is 16.1. The second-order valence-electron chi connectivity index (χ2n) is 5.93. The quantitative estimate of drug-likeness (QED) is 0.698. The lowest BCUT2D eigenvalue weighted by molar-refractivity contribution is -0.112. The van der Waals surface area contributed by atoms with Gasteiger partial charge < -0.3 is 0 Å². The van der Waals surface area contributed by atoms with Crippen molar-refractivity contribution < 1.29 is 4.79 Å². The molecule has 0 aromatic heterocycles. The summed E-state index contributed by atoms with van der Waals surface area (Å²) in [4.78, 5) is 11.1. The summed E-state index contributed by atoms with van der Waals surface area (Å²) in [5.41, 5.74) is 3.67. The molecule has 0 spiro atoms. The SMILES string of the molecule is CC(=O)C=C(C)c1ccc(C2CCCCC2C)cc1. The molecule has 2 unspecified atom stereocenters. The van der Waals surface area contributed by atoms with Crippen LogP contribution in [-0.4, -0.2) is 5.78 Å². The third-order valence-electron chi connectivity index (χ3n) is 4.33. The van der Waals surface area contributed by atoms with Crippen LogP contribution in [0.3, 0.4) is 0 Å². The molecule has 1 saturated carbocycles. The summed E-state index contributed by atoms with van der Waals surface area (Å²) in [7, 11) is 0. The second kappa shape index (κ2) is 6.18. The van der Waals surface area contributed by atoms with Gasteiger partial charge in [-0.15, -0.1) is 0 Å². The number of benzene rings is 1. The van der Waals surface area contributed by atoms with Gasteiger partial charge in [0, 0.05) is 0 Å². The van der Waals surface area contributed by atoms with E-state index < -0.39 is 0 Å². The zero-order valence-corrected chi connectivity index (χ0v) is 12.3. The van der Waals surface area contributed by atoms with Gasteiger partial charge in [-0.1, -0.05) is 50.5 Å². The van der Waals surface area contributed by atoms with Crippen molar-refractivity contribution >= 4 is 11.4 Å². The molecule has 1 aromatic carbocycles.